The predicted molar refractivity (Wildman–Crippen MR) is 120 cm³/mol. The minimum absolute atomic E-state index is 0.159. The molecule has 0 saturated heterocycles. The number of hydrogen-bond acceptors (Lipinski definition) is 2. The van der Waals surface area contributed by atoms with E-state index in [1.165, 1.54) is 0 Å². The second-order valence-corrected chi connectivity index (χ2v) is 7.43. The van der Waals surface area contributed by atoms with Crippen LogP contribution in [0.5, 0.6) is 0 Å². The largest absolute Gasteiger partial charge is 0.433 e. The van der Waals surface area contributed by atoms with Gasteiger partial charge >= 0.3 is 6.18 Å². The number of nitrogens with zero attached hydrogens (tertiary/aromatic N) is 1. The summed E-state index contributed by atoms with van der Waals surface area (Å²) in [6.07, 6.45) is -3.57. The maximum atomic E-state index is 12.6. The Balaban J connectivity index is 1.55. The number of pyridine rings is 1. The van der Waals surface area contributed by atoms with Crippen LogP contribution < -0.4 is 5.32 Å². The van der Waals surface area contributed by atoms with Crippen LogP contribution in [0.3, 0.4) is 0 Å². The van der Waals surface area contributed by atoms with Gasteiger partial charge in [-0.15, -0.1) is 0 Å². The van der Waals surface area contributed by atoms with E-state index in [1.807, 2.05) is 54.6 Å². The second-order valence-electron chi connectivity index (χ2n) is 7.02. The van der Waals surface area contributed by atoms with Gasteiger partial charge in [0.25, 0.3) is 5.91 Å². The van der Waals surface area contributed by atoms with Crippen molar-refractivity contribution < 1.29 is 18.0 Å². The molecule has 0 aliphatic carbocycles. The summed E-state index contributed by atoms with van der Waals surface area (Å²) in [5, 5.41) is 3.03. The molecule has 0 atom stereocenters. The minimum atomic E-state index is -4.54. The summed E-state index contributed by atoms with van der Waals surface area (Å²) in [5.74, 6) is -0.481. The number of anilines is 1. The van der Waals surface area contributed by atoms with E-state index in [4.69, 9.17) is 11.6 Å². The molecule has 0 spiro atoms. The highest BCUT2D eigenvalue weighted by Crippen LogP contribution is 2.31. The first kappa shape index (κ1) is 21.6. The molecule has 1 amide bonds. The molecule has 3 aromatic carbocycles. The van der Waals surface area contributed by atoms with E-state index in [-0.39, 0.29) is 5.69 Å². The molecule has 7 heteroatoms. The van der Waals surface area contributed by atoms with Gasteiger partial charge in [0, 0.05) is 16.1 Å². The van der Waals surface area contributed by atoms with E-state index >= 15 is 0 Å². The predicted octanol–water partition coefficient (Wildman–Crippen LogP) is 7.34. The first-order valence-corrected chi connectivity index (χ1v) is 9.99. The summed E-state index contributed by atoms with van der Waals surface area (Å²) in [4.78, 5) is 16.0. The van der Waals surface area contributed by atoms with Crippen molar-refractivity contribution >= 4 is 23.2 Å². The number of aromatic nitrogens is 1. The van der Waals surface area contributed by atoms with Gasteiger partial charge in [0.05, 0.1) is 11.9 Å². The van der Waals surface area contributed by atoms with Gasteiger partial charge in [-0.1, -0.05) is 66.2 Å². The summed E-state index contributed by atoms with van der Waals surface area (Å²) >= 11 is 6.36. The van der Waals surface area contributed by atoms with Crippen molar-refractivity contribution in [1.82, 2.24) is 4.98 Å². The molecule has 4 aromatic rings. The van der Waals surface area contributed by atoms with Crippen LogP contribution in [0, 0.1) is 0 Å². The molecule has 0 bridgehead atoms. The van der Waals surface area contributed by atoms with Crippen molar-refractivity contribution in [1.29, 1.82) is 0 Å². The molecule has 160 valence electrons. The number of rotatable bonds is 4. The van der Waals surface area contributed by atoms with Gasteiger partial charge in [0.15, 0.2) is 0 Å². The Morgan fingerprint density at radius 3 is 2.09 bits per heavy atom. The lowest BCUT2D eigenvalue weighted by molar-refractivity contribution is -0.141. The SMILES string of the molecule is O=C(Nc1ccc(C(F)(F)F)nc1)c1ccc(Cl)c(-c2ccc(-c3ccccc3)cc2)c1. The number of amides is 1. The number of halogens is 4. The topological polar surface area (TPSA) is 42.0 Å². The van der Waals surface area contributed by atoms with Crippen LogP contribution in [0.15, 0.2) is 91.1 Å². The zero-order chi connectivity index (χ0) is 22.7. The van der Waals surface area contributed by atoms with Crippen LogP contribution in [0.25, 0.3) is 22.3 Å². The third-order valence-electron chi connectivity index (χ3n) is 4.84. The fraction of sp³-hybridized carbons (Fsp3) is 0.0400. The van der Waals surface area contributed by atoms with Gasteiger partial charge in [0.1, 0.15) is 5.69 Å². The number of carbonyl (C=O) groups is 1. The summed E-state index contributed by atoms with van der Waals surface area (Å²) in [7, 11) is 0. The van der Waals surface area contributed by atoms with E-state index in [1.54, 1.807) is 18.2 Å². The number of benzene rings is 3. The minimum Gasteiger partial charge on any atom is -0.321 e. The van der Waals surface area contributed by atoms with Crippen molar-refractivity contribution in [2.45, 2.75) is 6.18 Å². The van der Waals surface area contributed by atoms with E-state index in [0.717, 1.165) is 35.0 Å². The van der Waals surface area contributed by atoms with Crippen LogP contribution in [-0.4, -0.2) is 10.9 Å². The summed E-state index contributed by atoms with van der Waals surface area (Å²) < 4.78 is 37.9. The second kappa shape index (κ2) is 8.85. The highest BCUT2D eigenvalue weighted by molar-refractivity contribution is 6.33. The quantitative estimate of drug-likeness (QED) is 0.352. The smallest absolute Gasteiger partial charge is 0.321 e. The van der Waals surface area contributed by atoms with Gasteiger partial charge in [-0.25, -0.2) is 4.98 Å². The molecule has 0 unspecified atom stereocenters. The van der Waals surface area contributed by atoms with Crippen LogP contribution in [0.4, 0.5) is 18.9 Å². The molecule has 0 aliphatic rings. The molecule has 3 nitrogen and oxygen atoms in total. The van der Waals surface area contributed by atoms with Crippen LogP contribution in [0.1, 0.15) is 16.1 Å². The molecule has 0 radical (unpaired) electrons. The van der Waals surface area contributed by atoms with Gasteiger partial charge in [-0.2, -0.15) is 13.2 Å². The summed E-state index contributed by atoms with van der Waals surface area (Å²) in [5.41, 5.74) is 3.09. The van der Waals surface area contributed by atoms with Crippen LogP contribution >= 0.6 is 11.6 Å². The lowest BCUT2D eigenvalue weighted by Gasteiger charge is -2.11. The normalized spacial score (nSPS) is 11.2. The molecule has 1 N–H and O–H groups in total. The average Bonchev–Trinajstić information content (AvgIpc) is 2.80. The first-order chi connectivity index (χ1) is 15.3. The number of nitrogens with one attached hydrogen (secondary N) is 1. The average molecular weight is 453 g/mol. The number of carbonyl (C=O) groups excluding carboxylic acids is 1. The molecule has 0 saturated carbocycles. The Morgan fingerprint density at radius 2 is 1.47 bits per heavy atom. The monoisotopic (exact) mass is 452 g/mol. The van der Waals surface area contributed by atoms with Crippen molar-refractivity contribution in [3.63, 3.8) is 0 Å². The highest BCUT2D eigenvalue weighted by Gasteiger charge is 2.32. The van der Waals surface area contributed by atoms with Crippen molar-refractivity contribution in [2.24, 2.45) is 0 Å². The Kier molecular flexibility index (Phi) is 5.97. The zero-order valence-corrected chi connectivity index (χ0v) is 17.3. The third kappa shape index (κ3) is 4.81. The lowest BCUT2D eigenvalue weighted by atomic mass is 9.99. The van der Waals surface area contributed by atoms with Crippen molar-refractivity contribution in [3.8, 4) is 22.3 Å². The summed E-state index contributed by atoms with van der Waals surface area (Å²) in [6, 6.07) is 24.5. The fourth-order valence-electron chi connectivity index (χ4n) is 3.20. The van der Waals surface area contributed by atoms with Crippen molar-refractivity contribution in [2.75, 3.05) is 5.32 Å². The van der Waals surface area contributed by atoms with E-state index in [9.17, 15) is 18.0 Å². The van der Waals surface area contributed by atoms with E-state index in [0.29, 0.717) is 16.1 Å². The molecule has 32 heavy (non-hydrogen) atoms. The lowest BCUT2D eigenvalue weighted by Crippen LogP contribution is -2.13. The standard InChI is InChI=1S/C25H16ClF3N2O/c26-22-12-10-19(24(32)31-20-11-13-23(30-15-20)25(27,28)29)14-21(22)18-8-6-17(7-9-18)16-4-2-1-3-5-16/h1-15H,(H,31,32). The van der Waals surface area contributed by atoms with Crippen molar-refractivity contribution in [3.05, 3.63) is 107 Å². The molecule has 1 aromatic heterocycles. The Hall–Kier alpha value is -3.64. The maximum Gasteiger partial charge on any atom is 0.433 e. The fourth-order valence-corrected chi connectivity index (χ4v) is 3.43. The van der Waals surface area contributed by atoms with Crippen LogP contribution in [0.2, 0.25) is 5.02 Å². The molecule has 4 rings (SSSR count). The number of hydrogen-bond donors (Lipinski definition) is 1. The molecular weight excluding hydrogens is 437 g/mol. The molecule has 1 heterocycles. The Bertz CT molecular complexity index is 1240. The zero-order valence-electron chi connectivity index (χ0n) is 16.5. The molecule has 0 fully saturated rings. The van der Waals surface area contributed by atoms with Gasteiger partial charge in [-0.05, 0) is 47.0 Å². The Morgan fingerprint density at radius 1 is 0.812 bits per heavy atom. The van der Waals surface area contributed by atoms with Gasteiger partial charge < -0.3 is 5.32 Å². The molecular formula is C25H16ClF3N2O. The molecule has 0 aliphatic heterocycles. The summed E-state index contributed by atoms with van der Waals surface area (Å²) in [6.45, 7) is 0. The number of alkyl halides is 3. The third-order valence-corrected chi connectivity index (χ3v) is 5.17. The Labute approximate surface area is 187 Å². The first-order valence-electron chi connectivity index (χ1n) is 9.61. The van der Waals surface area contributed by atoms with Crippen LogP contribution in [-0.2, 0) is 6.18 Å². The maximum absolute atomic E-state index is 12.6. The van der Waals surface area contributed by atoms with E-state index in [2.05, 4.69) is 10.3 Å². The van der Waals surface area contributed by atoms with Gasteiger partial charge in [-0.3, -0.25) is 4.79 Å². The van der Waals surface area contributed by atoms with E-state index < -0.39 is 17.8 Å². The highest BCUT2D eigenvalue weighted by atomic mass is 35.5. The van der Waals surface area contributed by atoms with Gasteiger partial charge in [0.2, 0.25) is 0 Å².